The topological polar surface area (TPSA) is 29.3 Å². The van der Waals surface area contributed by atoms with Crippen molar-refractivity contribution in [1.29, 1.82) is 0 Å². The molecule has 2 N–H and O–H groups in total. The molecule has 0 aliphatic carbocycles. The summed E-state index contributed by atoms with van der Waals surface area (Å²) in [5.41, 5.74) is 8.40. The fourth-order valence-electron chi connectivity index (χ4n) is 2.22. The number of halogens is 1. The van der Waals surface area contributed by atoms with Gasteiger partial charge in [-0.25, -0.2) is 0 Å². The third-order valence-electron chi connectivity index (χ3n) is 3.35. The molecule has 2 nitrogen and oxygen atoms in total. The van der Waals surface area contributed by atoms with Gasteiger partial charge in [-0.2, -0.15) is 0 Å². The molecule has 0 unspecified atom stereocenters. The molecule has 0 saturated heterocycles. The van der Waals surface area contributed by atoms with E-state index >= 15 is 0 Å². The molecule has 0 amide bonds. The molecule has 0 spiro atoms. The minimum atomic E-state index is 0.145. The first-order valence-corrected chi connectivity index (χ1v) is 7.43. The van der Waals surface area contributed by atoms with Crippen molar-refractivity contribution in [3.05, 3.63) is 34.3 Å². The molecule has 0 aliphatic rings. The van der Waals surface area contributed by atoms with Crippen LogP contribution in [0.25, 0.3) is 0 Å². The van der Waals surface area contributed by atoms with Crippen molar-refractivity contribution < 1.29 is 0 Å². The van der Waals surface area contributed by atoms with Crippen molar-refractivity contribution in [2.75, 3.05) is 19.6 Å². The molecule has 19 heavy (non-hydrogen) atoms. The zero-order chi connectivity index (χ0) is 14.5. The van der Waals surface area contributed by atoms with E-state index in [4.69, 9.17) is 17.3 Å². The third kappa shape index (κ3) is 5.52. The van der Waals surface area contributed by atoms with Gasteiger partial charge in [-0.1, -0.05) is 44.5 Å². The molecule has 0 atom stereocenters. The Morgan fingerprint density at radius 3 is 2.53 bits per heavy atom. The Bertz CT molecular complexity index is 402. The lowest BCUT2D eigenvalue weighted by Crippen LogP contribution is -2.38. The van der Waals surface area contributed by atoms with Gasteiger partial charge < -0.3 is 5.73 Å². The second-order valence-corrected chi connectivity index (χ2v) is 6.58. The number of nitrogens with zero attached hydrogens (tertiary/aromatic N) is 1. The highest BCUT2D eigenvalue weighted by atomic mass is 35.5. The normalized spacial score (nSPS) is 12.2. The first-order chi connectivity index (χ1) is 8.88. The number of hydrogen-bond acceptors (Lipinski definition) is 2. The predicted octanol–water partition coefficient (Wildman–Crippen LogP) is 3.85. The summed E-state index contributed by atoms with van der Waals surface area (Å²) in [6, 6.07) is 6.30. The van der Waals surface area contributed by atoms with Crippen molar-refractivity contribution in [3.63, 3.8) is 0 Å². The molecule has 0 aliphatic heterocycles. The van der Waals surface area contributed by atoms with E-state index in [1.165, 1.54) is 11.1 Å². The van der Waals surface area contributed by atoms with Gasteiger partial charge in [-0.3, -0.25) is 4.90 Å². The van der Waals surface area contributed by atoms with Crippen molar-refractivity contribution in [3.8, 4) is 0 Å². The summed E-state index contributed by atoms with van der Waals surface area (Å²) < 4.78 is 0. The highest BCUT2D eigenvalue weighted by molar-refractivity contribution is 6.31. The zero-order valence-electron chi connectivity index (χ0n) is 12.7. The molecule has 108 valence electrons. The average Bonchev–Trinajstić information content (AvgIpc) is 2.32. The maximum Gasteiger partial charge on any atom is 0.0453 e. The van der Waals surface area contributed by atoms with Gasteiger partial charge >= 0.3 is 0 Å². The van der Waals surface area contributed by atoms with E-state index in [2.05, 4.69) is 44.7 Å². The fourth-order valence-corrected chi connectivity index (χ4v) is 2.52. The molecule has 1 rings (SSSR count). The largest absolute Gasteiger partial charge is 0.330 e. The van der Waals surface area contributed by atoms with Crippen LogP contribution in [0.1, 0.15) is 38.3 Å². The van der Waals surface area contributed by atoms with Gasteiger partial charge in [0.05, 0.1) is 0 Å². The van der Waals surface area contributed by atoms with Crippen LogP contribution in [0.3, 0.4) is 0 Å². The summed E-state index contributed by atoms with van der Waals surface area (Å²) in [5, 5.41) is 0.867. The Balaban J connectivity index is 2.77. The van der Waals surface area contributed by atoms with Crippen LogP contribution in [0.15, 0.2) is 18.2 Å². The summed E-state index contributed by atoms with van der Waals surface area (Å²) in [5.74, 6) is 0. The molecular weight excluding hydrogens is 256 g/mol. The van der Waals surface area contributed by atoms with E-state index in [-0.39, 0.29) is 5.41 Å². The van der Waals surface area contributed by atoms with Gasteiger partial charge in [-0.15, -0.1) is 0 Å². The predicted molar refractivity (Wildman–Crippen MR) is 84.6 cm³/mol. The molecule has 0 bridgehead atoms. The molecule has 1 aromatic carbocycles. The molecule has 0 heterocycles. The van der Waals surface area contributed by atoms with Gasteiger partial charge in [0.15, 0.2) is 0 Å². The number of aryl methyl sites for hydroxylation is 1. The van der Waals surface area contributed by atoms with Gasteiger partial charge in [0, 0.05) is 18.1 Å². The van der Waals surface area contributed by atoms with Crippen LogP contribution in [0, 0.1) is 12.3 Å². The van der Waals surface area contributed by atoms with Crippen LogP contribution >= 0.6 is 11.6 Å². The highest BCUT2D eigenvalue weighted by Gasteiger charge is 2.20. The Morgan fingerprint density at radius 2 is 2.00 bits per heavy atom. The number of hydrogen-bond donors (Lipinski definition) is 1. The van der Waals surface area contributed by atoms with E-state index in [1.54, 1.807) is 0 Å². The average molecular weight is 283 g/mol. The standard InChI is InChI=1S/C16H27ClN2/c1-5-8-19(12-16(3,4)11-18)10-14-7-6-13(2)9-15(14)17/h6-7,9H,5,8,10-12,18H2,1-4H3. The molecule has 0 radical (unpaired) electrons. The Kier molecular flexibility index (Phi) is 6.31. The SMILES string of the molecule is CCCN(Cc1ccc(C)cc1Cl)CC(C)(C)CN. The second kappa shape index (κ2) is 7.28. The van der Waals surface area contributed by atoms with E-state index in [1.807, 2.05) is 6.07 Å². The lowest BCUT2D eigenvalue weighted by atomic mass is 9.93. The van der Waals surface area contributed by atoms with Crippen LogP contribution in [0.4, 0.5) is 0 Å². The first-order valence-electron chi connectivity index (χ1n) is 7.05. The van der Waals surface area contributed by atoms with Crippen LogP contribution in [-0.2, 0) is 6.54 Å². The summed E-state index contributed by atoms with van der Waals surface area (Å²) in [6.45, 7) is 12.4. The summed E-state index contributed by atoms with van der Waals surface area (Å²) >= 11 is 6.33. The van der Waals surface area contributed by atoms with Crippen molar-refractivity contribution in [2.24, 2.45) is 11.1 Å². The van der Waals surface area contributed by atoms with Gasteiger partial charge in [-0.05, 0) is 49.0 Å². The summed E-state index contributed by atoms with van der Waals surface area (Å²) in [7, 11) is 0. The minimum Gasteiger partial charge on any atom is -0.330 e. The van der Waals surface area contributed by atoms with Crippen LogP contribution in [0.5, 0.6) is 0 Å². The molecule has 0 aromatic heterocycles. The second-order valence-electron chi connectivity index (χ2n) is 6.17. The van der Waals surface area contributed by atoms with Gasteiger partial charge in [0.2, 0.25) is 0 Å². The monoisotopic (exact) mass is 282 g/mol. The van der Waals surface area contributed by atoms with Crippen molar-refractivity contribution in [1.82, 2.24) is 4.90 Å². The Morgan fingerprint density at radius 1 is 1.32 bits per heavy atom. The summed E-state index contributed by atoms with van der Waals surface area (Å²) in [4.78, 5) is 2.45. The van der Waals surface area contributed by atoms with E-state index in [0.717, 1.165) is 31.1 Å². The smallest absolute Gasteiger partial charge is 0.0453 e. The van der Waals surface area contributed by atoms with Crippen molar-refractivity contribution in [2.45, 2.75) is 40.7 Å². The molecule has 3 heteroatoms. The van der Waals surface area contributed by atoms with E-state index in [0.29, 0.717) is 6.54 Å². The van der Waals surface area contributed by atoms with Crippen LogP contribution in [0.2, 0.25) is 5.02 Å². The van der Waals surface area contributed by atoms with Crippen LogP contribution in [-0.4, -0.2) is 24.5 Å². The Hall–Kier alpha value is -0.570. The molecular formula is C16H27ClN2. The van der Waals surface area contributed by atoms with Gasteiger partial charge in [0.25, 0.3) is 0 Å². The Labute approximate surface area is 122 Å². The minimum absolute atomic E-state index is 0.145. The molecule has 0 fully saturated rings. The zero-order valence-corrected chi connectivity index (χ0v) is 13.4. The maximum atomic E-state index is 6.33. The fraction of sp³-hybridized carbons (Fsp3) is 0.625. The lowest BCUT2D eigenvalue weighted by molar-refractivity contribution is 0.176. The first kappa shape index (κ1) is 16.5. The quantitative estimate of drug-likeness (QED) is 0.823. The number of benzene rings is 1. The molecule has 1 aromatic rings. The highest BCUT2D eigenvalue weighted by Crippen LogP contribution is 2.22. The summed E-state index contributed by atoms with van der Waals surface area (Å²) in [6.07, 6.45) is 1.14. The third-order valence-corrected chi connectivity index (χ3v) is 3.70. The van der Waals surface area contributed by atoms with Crippen molar-refractivity contribution >= 4 is 11.6 Å². The molecule has 0 saturated carbocycles. The lowest BCUT2D eigenvalue weighted by Gasteiger charge is -2.32. The van der Waals surface area contributed by atoms with Gasteiger partial charge in [0.1, 0.15) is 0 Å². The van der Waals surface area contributed by atoms with Crippen LogP contribution < -0.4 is 5.73 Å². The van der Waals surface area contributed by atoms with E-state index in [9.17, 15) is 0 Å². The number of rotatable bonds is 7. The number of nitrogens with two attached hydrogens (primary N) is 1. The maximum absolute atomic E-state index is 6.33. The van der Waals surface area contributed by atoms with E-state index < -0.39 is 0 Å².